The number of Topliss-reactive ketones (excluding diaryl/α,β-unsaturated/α-hetero) is 1. The summed E-state index contributed by atoms with van der Waals surface area (Å²) >= 11 is 0. The van der Waals surface area contributed by atoms with Gasteiger partial charge in [-0.05, 0) is 49.6 Å². The third-order valence-corrected chi connectivity index (χ3v) is 6.02. The molecule has 1 aliphatic heterocycles. The van der Waals surface area contributed by atoms with E-state index in [-0.39, 0.29) is 29.5 Å². The standard InChI is InChI=1S/C26H26N2O6/c1-3-14-34-18-10-8-17(9-11-18)20-16-25(30)27(22-6-5-7-24(29)26(20)22)21-13-12-19(33-4-2)15-23(21)28(31)32/h3,8-13,15,20H,1,4-7,14,16H2,2H3. The number of nitrogens with zero attached hydrogens (tertiary/aromatic N) is 2. The lowest BCUT2D eigenvalue weighted by Crippen LogP contribution is -2.40. The van der Waals surface area contributed by atoms with E-state index in [1.165, 1.54) is 17.0 Å². The second kappa shape index (κ2) is 9.91. The Hall–Kier alpha value is -3.94. The number of allylic oxidation sites excluding steroid dienone is 2. The molecule has 1 heterocycles. The van der Waals surface area contributed by atoms with Gasteiger partial charge in [-0.2, -0.15) is 0 Å². The van der Waals surface area contributed by atoms with Crippen molar-refractivity contribution in [2.75, 3.05) is 18.1 Å². The highest BCUT2D eigenvalue weighted by atomic mass is 16.6. The van der Waals surface area contributed by atoms with Gasteiger partial charge in [-0.1, -0.05) is 24.8 Å². The van der Waals surface area contributed by atoms with Crippen molar-refractivity contribution < 1.29 is 24.0 Å². The number of amides is 1. The number of carbonyl (C=O) groups excluding carboxylic acids is 2. The molecule has 0 aromatic heterocycles. The molecule has 2 aromatic rings. The van der Waals surface area contributed by atoms with E-state index < -0.39 is 10.8 Å². The van der Waals surface area contributed by atoms with Crippen LogP contribution < -0.4 is 14.4 Å². The third kappa shape index (κ3) is 4.44. The van der Waals surface area contributed by atoms with Crippen molar-refractivity contribution in [2.24, 2.45) is 0 Å². The highest BCUT2D eigenvalue weighted by molar-refractivity contribution is 6.08. The summed E-state index contributed by atoms with van der Waals surface area (Å²) in [5, 5.41) is 11.9. The van der Waals surface area contributed by atoms with Gasteiger partial charge in [0, 0.05) is 30.0 Å². The van der Waals surface area contributed by atoms with Gasteiger partial charge in [0.2, 0.25) is 5.91 Å². The number of hydrogen-bond acceptors (Lipinski definition) is 6. The summed E-state index contributed by atoms with van der Waals surface area (Å²) in [6.07, 6.45) is 3.17. The predicted molar refractivity (Wildman–Crippen MR) is 127 cm³/mol. The third-order valence-electron chi connectivity index (χ3n) is 6.02. The van der Waals surface area contributed by atoms with E-state index in [4.69, 9.17) is 9.47 Å². The minimum atomic E-state index is -0.524. The predicted octanol–water partition coefficient (Wildman–Crippen LogP) is 5.09. The van der Waals surface area contributed by atoms with Gasteiger partial charge in [0.1, 0.15) is 23.8 Å². The van der Waals surface area contributed by atoms with Crippen LogP contribution in [0, 0.1) is 10.1 Å². The number of hydrogen-bond donors (Lipinski definition) is 0. The monoisotopic (exact) mass is 462 g/mol. The van der Waals surface area contributed by atoms with Crippen molar-refractivity contribution in [1.82, 2.24) is 0 Å². The zero-order valence-corrected chi connectivity index (χ0v) is 19.0. The smallest absolute Gasteiger partial charge is 0.297 e. The second-order valence-electron chi connectivity index (χ2n) is 8.13. The summed E-state index contributed by atoms with van der Waals surface area (Å²) in [4.78, 5) is 39.2. The maximum atomic E-state index is 13.4. The van der Waals surface area contributed by atoms with Crippen LogP contribution in [0.3, 0.4) is 0 Å². The van der Waals surface area contributed by atoms with E-state index in [0.717, 1.165) is 5.56 Å². The lowest BCUT2D eigenvalue weighted by atomic mass is 9.77. The van der Waals surface area contributed by atoms with E-state index in [9.17, 15) is 19.7 Å². The lowest BCUT2D eigenvalue weighted by molar-refractivity contribution is -0.384. The minimum absolute atomic E-state index is 0.0238. The lowest BCUT2D eigenvalue weighted by Gasteiger charge is -2.38. The molecule has 0 spiro atoms. The van der Waals surface area contributed by atoms with E-state index in [1.54, 1.807) is 31.2 Å². The molecule has 34 heavy (non-hydrogen) atoms. The average Bonchev–Trinajstić information content (AvgIpc) is 2.83. The van der Waals surface area contributed by atoms with Gasteiger partial charge >= 0.3 is 0 Å². The van der Waals surface area contributed by atoms with Gasteiger partial charge < -0.3 is 9.47 Å². The van der Waals surface area contributed by atoms with E-state index in [0.29, 0.717) is 55.2 Å². The molecule has 4 rings (SSSR count). The maximum Gasteiger partial charge on any atom is 0.297 e. The first-order valence-corrected chi connectivity index (χ1v) is 11.3. The fraction of sp³-hybridized carbons (Fsp3) is 0.308. The van der Waals surface area contributed by atoms with Crippen molar-refractivity contribution >= 4 is 23.1 Å². The SMILES string of the molecule is C=CCOc1ccc(C2CC(=O)N(c3ccc(OCC)cc3[N+](=O)[O-])C3=C2C(=O)CCC3)cc1. The Balaban J connectivity index is 1.78. The molecule has 1 aliphatic carbocycles. The van der Waals surface area contributed by atoms with Gasteiger partial charge in [0.15, 0.2) is 5.78 Å². The number of rotatable bonds is 8. The molecule has 1 amide bonds. The Morgan fingerprint density at radius 1 is 1.12 bits per heavy atom. The summed E-state index contributed by atoms with van der Waals surface area (Å²) < 4.78 is 10.9. The molecule has 2 aromatic carbocycles. The molecule has 8 nitrogen and oxygen atoms in total. The van der Waals surface area contributed by atoms with Crippen LogP contribution in [0.25, 0.3) is 0 Å². The Morgan fingerprint density at radius 3 is 2.53 bits per heavy atom. The van der Waals surface area contributed by atoms with Crippen molar-refractivity contribution in [3.05, 3.63) is 82.1 Å². The van der Waals surface area contributed by atoms with Crippen LogP contribution in [-0.2, 0) is 9.59 Å². The normalized spacial score (nSPS) is 17.9. The summed E-state index contributed by atoms with van der Waals surface area (Å²) in [5.74, 6) is 0.318. The molecule has 0 fully saturated rings. The highest BCUT2D eigenvalue weighted by Gasteiger charge is 2.41. The largest absolute Gasteiger partial charge is 0.494 e. The van der Waals surface area contributed by atoms with E-state index in [1.807, 2.05) is 12.1 Å². The van der Waals surface area contributed by atoms with E-state index >= 15 is 0 Å². The molecule has 1 unspecified atom stereocenters. The first-order valence-electron chi connectivity index (χ1n) is 11.3. The molecule has 0 N–H and O–H groups in total. The average molecular weight is 463 g/mol. The van der Waals surface area contributed by atoms with Crippen LogP contribution >= 0.6 is 0 Å². The topological polar surface area (TPSA) is 99.0 Å². The second-order valence-corrected chi connectivity index (χ2v) is 8.13. The van der Waals surface area contributed by atoms with Crippen molar-refractivity contribution in [1.29, 1.82) is 0 Å². The number of ether oxygens (including phenoxy) is 2. The maximum absolute atomic E-state index is 13.4. The summed E-state index contributed by atoms with van der Waals surface area (Å²) in [5.41, 5.74) is 1.88. The molecule has 0 saturated heterocycles. The van der Waals surface area contributed by atoms with Crippen LogP contribution in [0.15, 0.2) is 66.4 Å². The highest BCUT2D eigenvalue weighted by Crippen LogP contribution is 2.46. The van der Waals surface area contributed by atoms with Crippen LogP contribution in [0.5, 0.6) is 11.5 Å². The van der Waals surface area contributed by atoms with Gasteiger partial charge in [0.25, 0.3) is 5.69 Å². The van der Waals surface area contributed by atoms with Crippen LogP contribution in [-0.4, -0.2) is 29.8 Å². The zero-order chi connectivity index (χ0) is 24.2. The molecule has 0 radical (unpaired) electrons. The number of nitro benzene ring substituents is 1. The molecular weight excluding hydrogens is 436 g/mol. The van der Waals surface area contributed by atoms with Crippen molar-refractivity contribution in [3.63, 3.8) is 0 Å². The van der Waals surface area contributed by atoms with Gasteiger partial charge in [-0.3, -0.25) is 24.6 Å². The number of ketones is 1. The Kier molecular flexibility index (Phi) is 6.77. The number of carbonyl (C=O) groups is 2. The fourth-order valence-corrected chi connectivity index (χ4v) is 4.60. The molecular formula is C26H26N2O6. The molecule has 0 saturated carbocycles. The molecule has 8 heteroatoms. The quantitative estimate of drug-likeness (QED) is 0.308. The van der Waals surface area contributed by atoms with Crippen LogP contribution in [0.4, 0.5) is 11.4 Å². The Bertz CT molecular complexity index is 1170. The summed E-state index contributed by atoms with van der Waals surface area (Å²) in [6.45, 7) is 6.16. The fourth-order valence-electron chi connectivity index (χ4n) is 4.60. The van der Waals surface area contributed by atoms with Gasteiger partial charge in [-0.15, -0.1) is 0 Å². The molecule has 176 valence electrons. The van der Waals surface area contributed by atoms with Crippen molar-refractivity contribution in [2.45, 2.75) is 38.5 Å². The molecule has 2 aliphatic rings. The number of anilines is 1. The first-order chi connectivity index (χ1) is 16.4. The molecule has 1 atom stereocenters. The number of benzene rings is 2. The number of nitro groups is 1. The Morgan fingerprint density at radius 2 is 1.85 bits per heavy atom. The van der Waals surface area contributed by atoms with Gasteiger partial charge in [-0.25, -0.2) is 0 Å². The van der Waals surface area contributed by atoms with E-state index in [2.05, 4.69) is 6.58 Å². The van der Waals surface area contributed by atoms with Crippen LogP contribution in [0.2, 0.25) is 0 Å². The summed E-state index contributed by atoms with van der Waals surface area (Å²) in [6, 6.07) is 11.8. The van der Waals surface area contributed by atoms with Gasteiger partial charge in [0.05, 0.1) is 17.6 Å². The summed E-state index contributed by atoms with van der Waals surface area (Å²) in [7, 11) is 0. The van der Waals surface area contributed by atoms with Crippen molar-refractivity contribution in [3.8, 4) is 11.5 Å². The van der Waals surface area contributed by atoms with Crippen LogP contribution in [0.1, 0.15) is 44.1 Å². The Labute approximate surface area is 197 Å². The zero-order valence-electron chi connectivity index (χ0n) is 19.0. The first kappa shape index (κ1) is 23.2. The minimum Gasteiger partial charge on any atom is -0.494 e. The molecule has 0 bridgehead atoms.